The van der Waals surface area contributed by atoms with Crippen LogP contribution in [0, 0.1) is 15.0 Å². The molecule has 0 heterocycles. The molecular weight excluding hydrogens is 92.0 g/mol. The van der Waals surface area contributed by atoms with Crippen LogP contribution in [0.25, 0.3) is 0 Å². The zero-order valence-corrected chi connectivity index (χ0v) is 2.62. The minimum Gasteiger partial charge on any atom is -0.379 e. The Kier molecular flexibility index (Phi) is 68.6. The summed E-state index contributed by atoms with van der Waals surface area (Å²) in [6.45, 7) is 0. The van der Waals surface area contributed by atoms with Gasteiger partial charge in [-0.05, 0) is 0 Å². The molecule has 36 valence electrons. The van der Waals surface area contributed by atoms with Crippen molar-refractivity contribution in [2.24, 2.45) is 5.34 Å². The van der Waals surface area contributed by atoms with Crippen molar-refractivity contribution in [2.75, 3.05) is 0 Å². The Morgan fingerprint density at radius 2 is 1.83 bits per heavy atom. The highest BCUT2D eigenvalue weighted by atomic mass is 16.6. The van der Waals surface area contributed by atoms with E-state index in [0.717, 1.165) is 0 Å². The van der Waals surface area contributed by atoms with E-state index in [1.54, 1.807) is 0 Å². The summed E-state index contributed by atoms with van der Waals surface area (Å²) in [5.41, 5.74) is 0. The lowest BCUT2D eigenvalue weighted by atomic mass is 13.4. The molecule has 2 N–H and O–H groups in total. The highest BCUT2D eigenvalue weighted by molar-refractivity contribution is 3.83. The minimum absolute atomic E-state index is 0.250. The van der Waals surface area contributed by atoms with Crippen molar-refractivity contribution in [3.05, 3.63) is 15.0 Å². The van der Waals surface area contributed by atoms with E-state index in [4.69, 9.17) is 20.2 Å². The molecule has 0 unspecified atom stereocenters. The third-order valence-electron chi connectivity index (χ3n) is 0. The van der Waals surface area contributed by atoms with Crippen LogP contribution >= 0.6 is 0 Å². The average molecular weight is 94.0 g/mol. The van der Waals surface area contributed by atoms with Crippen molar-refractivity contribution >= 4 is 0 Å². The molecule has 0 aromatic heterocycles. The molecule has 0 aliphatic heterocycles. The molecule has 6 heavy (non-hydrogen) atoms. The molecule has 6 nitrogen and oxygen atoms in total. The number of rotatable bonds is 0. The first-order valence-corrected chi connectivity index (χ1v) is 0.791. The Morgan fingerprint density at radius 3 is 1.83 bits per heavy atom. The second-order valence-corrected chi connectivity index (χ2v) is 0.165. The molecule has 6 heteroatoms. The van der Waals surface area contributed by atoms with Gasteiger partial charge in [0.05, 0.1) is 0 Å². The third kappa shape index (κ3) is 6.30. The normalized spacial score (nSPS) is 4.00. The molecule has 0 spiro atoms. The van der Waals surface area contributed by atoms with Crippen LogP contribution in [0.15, 0.2) is 5.34 Å². The fourth-order valence-corrected chi connectivity index (χ4v) is 0. The molecule has 0 amide bonds. The van der Waals surface area contributed by atoms with E-state index < -0.39 is 0 Å². The van der Waals surface area contributed by atoms with Gasteiger partial charge in [-0.25, -0.2) is 0 Å². The second-order valence-electron chi connectivity index (χ2n) is 0.165. The Bertz CT molecular complexity index is 26.5. The Balaban J connectivity index is 0. The average Bonchev–Trinajstić information content (AvgIpc) is 1.39. The number of nitrogens with zero attached hydrogens (tertiary/aromatic N) is 1. The molecule has 0 aromatic rings. The quantitative estimate of drug-likeness (QED) is 0.216. The monoisotopic (exact) mass is 94.0 g/mol. The van der Waals surface area contributed by atoms with Gasteiger partial charge in [0.2, 0.25) is 0 Å². The van der Waals surface area contributed by atoms with E-state index in [1.165, 1.54) is 5.34 Å². The van der Waals surface area contributed by atoms with Gasteiger partial charge < -0.3 is 5.21 Å². The lowest BCUT2D eigenvalue weighted by molar-refractivity contribution is -0.398. The van der Waals surface area contributed by atoms with Crippen molar-refractivity contribution in [1.82, 2.24) is 0 Å². The first kappa shape index (κ1) is 8.84. The maximum Gasteiger partial charge on any atom is 0.152 e. The molecule has 0 radical (unpaired) electrons. The Hall–Kier alpha value is -1.20. The van der Waals surface area contributed by atoms with Gasteiger partial charge in [0.1, 0.15) is 0 Å². The first-order valence-electron chi connectivity index (χ1n) is 0.791. The van der Waals surface area contributed by atoms with Gasteiger partial charge in [-0.2, -0.15) is 0 Å². The number of hydrogen-bond acceptors (Lipinski definition) is 4. The molecule has 0 aliphatic carbocycles. The van der Waals surface area contributed by atoms with Gasteiger partial charge in [0, 0.05) is 5.34 Å². The topological polar surface area (TPSA) is 104 Å². The Labute approximate surface area is 32.3 Å². The second kappa shape index (κ2) is 46.5. The Morgan fingerprint density at radius 1 is 1.83 bits per heavy atom. The van der Waals surface area contributed by atoms with Gasteiger partial charge in [-0.1, -0.05) is 0 Å². The molecule has 0 saturated heterocycles. The maximum absolute atomic E-state index is 8.12. The van der Waals surface area contributed by atoms with Crippen molar-refractivity contribution in [3.63, 3.8) is 0 Å². The lowest BCUT2D eigenvalue weighted by Crippen LogP contribution is -2.53. The van der Waals surface area contributed by atoms with Gasteiger partial charge in [0.15, 0.2) is 5.34 Å². The molecule has 0 saturated carbocycles. The van der Waals surface area contributed by atoms with E-state index in [-0.39, 0.29) is 5.34 Å². The van der Waals surface area contributed by atoms with Crippen molar-refractivity contribution in [2.45, 2.75) is 0 Å². The summed E-state index contributed by atoms with van der Waals surface area (Å²) in [5, 5.41) is 16.3. The fraction of sp³-hybridized carbons (Fsp3) is 0. The number of nitrogens with one attached hydrogen (secondary N) is 1. The van der Waals surface area contributed by atoms with Crippen LogP contribution in [0.3, 0.4) is 0 Å². The van der Waals surface area contributed by atoms with Gasteiger partial charge in [0.25, 0.3) is 0 Å². The summed E-state index contributed by atoms with van der Waals surface area (Å²) in [6.07, 6.45) is 0. The lowest BCUT2D eigenvalue weighted by Gasteiger charge is -1.36. The molecule has 0 atom stereocenters. The zero-order valence-electron chi connectivity index (χ0n) is 2.62. The molecule has 0 bridgehead atoms. The first-order chi connectivity index (χ1) is 2.83. The summed E-state index contributed by atoms with van der Waals surface area (Å²) in [7, 11) is 0. The minimum atomic E-state index is 0.250. The van der Waals surface area contributed by atoms with Crippen molar-refractivity contribution in [1.29, 1.82) is 0 Å². The zero-order chi connectivity index (χ0) is 5.41. The summed E-state index contributed by atoms with van der Waals surface area (Å²) in [6, 6.07) is 0. The van der Waals surface area contributed by atoms with Crippen LogP contribution in [0.1, 0.15) is 0 Å². The van der Waals surface area contributed by atoms with E-state index in [9.17, 15) is 0 Å². The summed E-state index contributed by atoms with van der Waals surface area (Å²) in [5.74, 6) is 0. The van der Waals surface area contributed by atoms with Crippen LogP contribution in [0.5, 0.6) is 0 Å². The van der Waals surface area contributed by atoms with E-state index in [0.29, 0.717) is 0 Å². The van der Waals surface area contributed by atoms with Crippen LogP contribution in [0.2, 0.25) is 0 Å². The predicted octanol–water partition coefficient (Wildman–Crippen LogP) is -1.53. The van der Waals surface area contributed by atoms with E-state index >= 15 is 0 Å². The SMILES string of the molecule is O=NO.O=[NH+][O-]. The summed E-state index contributed by atoms with van der Waals surface area (Å²) >= 11 is 0. The standard InChI is InChI=1S/2HNO2/c2*2-1-3/h(H,2,3);1H. The van der Waals surface area contributed by atoms with Gasteiger partial charge >= 0.3 is 0 Å². The predicted molar refractivity (Wildman–Crippen MR) is 15.3 cm³/mol. The number of hydrogen-bond donors (Lipinski definition) is 2. The van der Waals surface area contributed by atoms with Crippen LogP contribution in [-0.2, 0) is 0 Å². The van der Waals surface area contributed by atoms with Crippen LogP contribution in [-0.4, -0.2) is 5.21 Å². The third-order valence-corrected chi connectivity index (χ3v) is 0. The smallest absolute Gasteiger partial charge is 0.152 e. The molecule has 0 rings (SSSR count). The molecule has 0 aromatic carbocycles. The summed E-state index contributed by atoms with van der Waals surface area (Å²) in [4.78, 5) is 16.2. The van der Waals surface area contributed by atoms with Gasteiger partial charge in [-0.15, -0.1) is 4.91 Å². The van der Waals surface area contributed by atoms with E-state index in [2.05, 4.69) is 0 Å². The molecule has 0 aliphatic rings. The van der Waals surface area contributed by atoms with Crippen LogP contribution in [0.4, 0.5) is 0 Å². The fourth-order valence-electron chi connectivity index (χ4n) is 0. The molecule has 0 fully saturated rings. The van der Waals surface area contributed by atoms with Crippen molar-refractivity contribution in [3.8, 4) is 0 Å². The highest BCUT2D eigenvalue weighted by Crippen LogP contribution is 1.25. The van der Waals surface area contributed by atoms with Crippen LogP contribution < -0.4 is 5.34 Å². The van der Waals surface area contributed by atoms with Gasteiger partial charge in [-0.3, -0.25) is 10.1 Å². The summed E-state index contributed by atoms with van der Waals surface area (Å²) < 4.78 is 0. The largest absolute Gasteiger partial charge is 0.379 e. The van der Waals surface area contributed by atoms with E-state index in [1.807, 2.05) is 0 Å². The van der Waals surface area contributed by atoms with Crippen molar-refractivity contribution < 1.29 is 10.5 Å². The molecular formula is H2N2O4. The maximum atomic E-state index is 8.12. The highest BCUT2D eigenvalue weighted by Gasteiger charge is 1.18.